The van der Waals surface area contributed by atoms with Crippen LogP contribution in [0.25, 0.3) is 0 Å². The normalized spacial score (nSPS) is 60.0. The first-order chi connectivity index (χ1) is 9.91. The summed E-state index contributed by atoms with van der Waals surface area (Å²) in [5.41, 5.74) is 0.299. The second-order valence-electron chi connectivity index (χ2n) is 9.70. The summed E-state index contributed by atoms with van der Waals surface area (Å²) in [6, 6.07) is 0. The van der Waals surface area contributed by atoms with E-state index in [0.29, 0.717) is 5.41 Å². The number of rotatable bonds is 0. The van der Waals surface area contributed by atoms with Gasteiger partial charge in [0, 0.05) is 0 Å². The molecule has 0 aromatic carbocycles. The van der Waals surface area contributed by atoms with Crippen LogP contribution in [0.4, 0.5) is 0 Å². The van der Waals surface area contributed by atoms with E-state index in [0.717, 1.165) is 48.3 Å². The van der Waals surface area contributed by atoms with Gasteiger partial charge in [0.15, 0.2) is 0 Å². The van der Waals surface area contributed by atoms with E-state index in [2.05, 4.69) is 20.8 Å². The van der Waals surface area contributed by atoms with Crippen LogP contribution < -0.4 is 0 Å². The lowest BCUT2D eigenvalue weighted by atomic mass is 9.49. The third kappa shape index (κ3) is 2.13. The van der Waals surface area contributed by atoms with Gasteiger partial charge in [-0.1, -0.05) is 13.8 Å². The minimum atomic E-state index is -0.362. The van der Waals surface area contributed by atoms with Crippen molar-refractivity contribution in [2.45, 2.75) is 84.2 Å². The maximum absolute atomic E-state index is 10.4. The molecule has 0 bridgehead atoms. The smallest absolute Gasteiger partial charge is 0.0622 e. The van der Waals surface area contributed by atoms with E-state index in [4.69, 9.17) is 0 Å². The van der Waals surface area contributed by atoms with Crippen molar-refractivity contribution in [1.29, 1.82) is 0 Å². The summed E-state index contributed by atoms with van der Waals surface area (Å²) >= 11 is 0. The summed E-state index contributed by atoms with van der Waals surface area (Å²) in [5.74, 6) is 5.78. The van der Waals surface area contributed by atoms with E-state index < -0.39 is 0 Å². The average molecular weight is 290 g/mol. The second kappa shape index (κ2) is 4.73. The van der Waals surface area contributed by atoms with Gasteiger partial charge in [-0.2, -0.15) is 0 Å². The van der Waals surface area contributed by atoms with Crippen LogP contribution >= 0.6 is 0 Å². The number of hydrogen-bond acceptors (Lipinski definition) is 1. The quantitative estimate of drug-likeness (QED) is 0.663. The predicted molar refractivity (Wildman–Crippen MR) is 86.9 cm³/mol. The Morgan fingerprint density at radius 1 is 0.810 bits per heavy atom. The maximum atomic E-state index is 10.4. The monoisotopic (exact) mass is 290 g/mol. The van der Waals surface area contributed by atoms with Gasteiger partial charge in [0.2, 0.25) is 0 Å². The van der Waals surface area contributed by atoms with Crippen molar-refractivity contribution in [1.82, 2.24) is 0 Å². The highest BCUT2D eigenvalue weighted by molar-refractivity contribution is 5.05. The summed E-state index contributed by atoms with van der Waals surface area (Å²) in [6.07, 6.45) is 12.3. The maximum Gasteiger partial charge on any atom is 0.0622 e. The van der Waals surface area contributed by atoms with E-state index in [1.54, 1.807) is 0 Å². The molecule has 1 N–H and O–H groups in total. The molecule has 4 aliphatic carbocycles. The molecule has 4 fully saturated rings. The molecule has 1 nitrogen and oxygen atoms in total. The van der Waals surface area contributed by atoms with E-state index in [-0.39, 0.29) is 5.60 Å². The third-order valence-corrected chi connectivity index (χ3v) is 8.71. The molecular weight excluding hydrogens is 256 g/mol. The lowest BCUT2D eigenvalue weighted by Gasteiger charge is -2.56. The van der Waals surface area contributed by atoms with Crippen LogP contribution in [0.2, 0.25) is 0 Å². The molecule has 4 aliphatic rings. The zero-order valence-electron chi connectivity index (χ0n) is 14.3. The Morgan fingerprint density at radius 3 is 2.38 bits per heavy atom. The summed E-state index contributed by atoms with van der Waals surface area (Å²) in [4.78, 5) is 0. The Bertz CT molecular complexity index is 414. The lowest BCUT2D eigenvalue weighted by Crippen LogP contribution is -2.50. The second-order valence-corrected chi connectivity index (χ2v) is 9.70. The first-order valence-corrected chi connectivity index (χ1v) is 9.63. The van der Waals surface area contributed by atoms with Gasteiger partial charge in [0.25, 0.3) is 0 Å². The van der Waals surface area contributed by atoms with Crippen molar-refractivity contribution in [3.05, 3.63) is 0 Å². The van der Waals surface area contributed by atoms with Gasteiger partial charge in [-0.25, -0.2) is 0 Å². The minimum Gasteiger partial charge on any atom is -0.390 e. The Kier molecular flexibility index (Phi) is 3.27. The molecule has 0 heterocycles. The fraction of sp³-hybridized carbons (Fsp3) is 1.00. The predicted octanol–water partition coefficient (Wildman–Crippen LogP) is 5.03. The summed E-state index contributed by atoms with van der Waals surface area (Å²) < 4.78 is 0. The van der Waals surface area contributed by atoms with Crippen molar-refractivity contribution in [3.8, 4) is 0 Å². The molecule has 0 aliphatic heterocycles. The SMILES string of the molecule is CC1CCC2C3CC[C@@H]4C[C@](C)(O)CC[C@@H]4C3CC[C@]12C. The molecule has 0 spiro atoms. The third-order valence-electron chi connectivity index (χ3n) is 8.71. The zero-order chi connectivity index (χ0) is 14.8. The van der Waals surface area contributed by atoms with Crippen LogP contribution in [0, 0.1) is 40.9 Å². The minimum absolute atomic E-state index is 0.362. The number of fused-ring (bicyclic) bond motifs is 5. The van der Waals surface area contributed by atoms with Gasteiger partial charge in [0.05, 0.1) is 5.60 Å². The van der Waals surface area contributed by atoms with E-state index in [1.807, 2.05) is 0 Å². The lowest BCUT2D eigenvalue weighted by molar-refractivity contribution is -0.0986. The highest BCUT2D eigenvalue weighted by Crippen LogP contribution is 2.64. The fourth-order valence-corrected chi connectivity index (χ4v) is 7.34. The van der Waals surface area contributed by atoms with Crippen LogP contribution in [0.3, 0.4) is 0 Å². The molecule has 120 valence electrons. The topological polar surface area (TPSA) is 20.2 Å². The van der Waals surface area contributed by atoms with Gasteiger partial charge in [-0.05, 0) is 106 Å². The Labute approximate surface area is 130 Å². The van der Waals surface area contributed by atoms with Crippen LogP contribution in [0.15, 0.2) is 0 Å². The van der Waals surface area contributed by atoms with Gasteiger partial charge < -0.3 is 5.11 Å². The first kappa shape index (κ1) is 14.5. The molecule has 8 atom stereocenters. The first-order valence-electron chi connectivity index (χ1n) is 9.63. The van der Waals surface area contributed by atoms with Crippen molar-refractivity contribution < 1.29 is 5.11 Å². The largest absolute Gasteiger partial charge is 0.390 e. The van der Waals surface area contributed by atoms with Crippen molar-refractivity contribution in [2.24, 2.45) is 40.9 Å². The average Bonchev–Trinajstić information content (AvgIpc) is 2.73. The molecule has 0 aromatic heterocycles. The summed E-state index contributed by atoms with van der Waals surface area (Å²) in [5, 5.41) is 10.4. The van der Waals surface area contributed by atoms with Crippen LogP contribution in [0.5, 0.6) is 0 Å². The molecule has 21 heavy (non-hydrogen) atoms. The van der Waals surface area contributed by atoms with E-state index in [9.17, 15) is 5.11 Å². The van der Waals surface area contributed by atoms with Crippen LogP contribution in [-0.4, -0.2) is 10.7 Å². The summed E-state index contributed by atoms with van der Waals surface area (Å²) in [7, 11) is 0. The molecule has 0 radical (unpaired) electrons. The number of hydrogen-bond donors (Lipinski definition) is 1. The molecular formula is C20H34O. The Morgan fingerprint density at radius 2 is 1.57 bits per heavy atom. The molecule has 4 rings (SSSR count). The van der Waals surface area contributed by atoms with Crippen molar-refractivity contribution >= 4 is 0 Å². The highest BCUT2D eigenvalue weighted by Gasteiger charge is 2.56. The molecule has 0 amide bonds. The Hall–Kier alpha value is -0.0400. The number of aliphatic hydroxyl groups is 1. The van der Waals surface area contributed by atoms with Gasteiger partial charge in [0.1, 0.15) is 0 Å². The highest BCUT2D eigenvalue weighted by atomic mass is 16.3. The van der Waals surface area contributed by atoms with Crippen LogP contribution in [-0.2, 0) is 0 Å². The molecule has 4 unspecified atom stereocenters. The van der Waals surface area contributed by atoms with Crippen LogP contribution in [0.1, 0.15) is 78.6 Å². The summed E-state index contributed by atoms with van der Waals surface area (Å²) in [6.45, 7) is 7.21. The van der Waals surface area contributed by atoms with Crippen molar-refractivity contribution in [3.63, 3.8) is 0 Å². The van der Waals surface area contributed by atoms with Gasteiger partial charge in [-0.3, -0.25) is 0 Å². The molecule has 0 saturated heterocycles. The van der Waals surface area contributed by atoms with Gasteiger partial charge in [-0.15, -0.1) is 0 Å². The van der Waals surface area contributed by atoms with Gasteiger partial charge >= 0.3 is 0 Å². The Balaban J connectivity index is 1.56. The van der Waals surface area contributed by atoms with E-state index >= 15 is 0 Å². The van der Waals surface area contributed by atoms with E-state index in [1.165, 1.54) is 44.9 Å². The zero-order valence-corrected chi connectivity index (χ0v) is 14.3. The molecule has 0 aromatic rings. The standard InChI is InChI=1S/C20H34O/c1-13-4-7-18-17-6-5-14-12-19(2,21)10-8-15(14)16(17)9-11-20(13,18)3/h13-18,21H,4-12H2,1-3H3/t13?,14-,15+,16?,17?,18?,19-,20-/m1/s1. The molecule has 1 heteroatoms. The fourth-order valence-electron chi connectivity index (χ4n) is 7.34. The van der Waals surface area contributed by atoms with Crippen molar-refractivity contribution in [2.75, 3.05) is 0 Å². The molecule has 4 saturated carbocycles.